The Kier molecular flexibility index (Phi) is 4.03. The van der Waals surface area contributed by atoms with Gasteiger partial charge in [0, 0.05) is 11.5 Å². The van der Waals surface area contributed by atoms with Crippen molar-refractivity contribution in [3.8, 4) is 0 Å². The summed E-state index contributed by atoms with van der Waals surface area (Å²) < 4.78 is 5.30. The molecule has 0 spiro atoms. The van der Waals surface area contributed by atoms with Gasteiger partial charge in [-0.05, 0) is 25.3 Å². The standard InChI is InChI=1S/C14H14N4OS2/c1-8(10-5-9-3-4-19-11(9)7-16-10)21-14-17-12(15)6-13(18-14)20-2/h3-8H,1-2H3,(H2,15,17,18)/t8-/m1/s1. The van der Waals surface area contributed by atoms with Crippen molar-refractivity contribution >= 4 is 40.3 Å². The molecule has 7 heteroatoms. The number of pyridine rings is 1. The summed E-state index contributed by atoms with van der Waals surface area (Å²) in [6, 6.07) is 5.73. The summed E-state index contributed by atoms with van der Waals surface area (Å²) in [7, 11) is 0. The molecule has 0 unspecified atom stereocenters. The molecule has 0 saturated carbocycles. The van der Waals surface area contributed by atoms with Crippen LogP contribution in [0.15, 0.2) is 45.3 Å². The molecule has 0 saturated heterocycles. The minimum atomic E-state index is 0.126. The Hall–Kier alpha value is -1.73. The maximum absolute atomic E-state index is 5.80. The third-order valence-electron chi connectivity index (χ3n) is 2.97. The summed E-state index contributed by atoms with van der Waals surface area (Å²) in [5, 5.41) is 2.71. The monoisotopic (exact) mass is 318 g/mol. The fourth-order valence-corrected chi connectivity index (χ4v) is 3.25. The van der Waals surface area contributed by atoms with Crippen molar-refractivity contribution in [3.05, 3.63) is 36.4 Å². The van der Waals surface area contributed by atoms with Gasteiger partial charge in [0.1, 0.15) is 10.8 Å². The smallest absolute Gasteiger partial charge is 0.191 e. The Morgan fingerprint density at radius 3 is 2.95 bits per heavy atom. The summed E-state index contributed by atoms with van der Waals surface area (Å²) in [5.41, 5.74) is 7.56. The van der Waals surface area contributed by atoms with Gasteiger partial charge in [0.2, 0.25) is 0 Å². The highest BCUT2D eigenvalue weighted by Crippen LogP contribution is 2.34. The quantitative estimate of drug-likeness (QED) is 0.445. The molecule has 3 rings (SSSR count). The zero-order chi connectivity index (χ0) is 14.8. The molecule has 0 aliphatic heterocycles. The average Bonchev–Trinajstić information content (AvgIpc) is 2.93. The van der Waals surface area contributed by atoms with E-state index in [9.17, 15) is 0 Å². The van der Waals surface area contributed by atoms with E-state index >= 15 is 0 Å². The van der Waals surface area contributed by atoms with Crippen LogP contribution in [-0.4, -0.2) is 21.2 Å². The molecule has 0 aliphatic rings. The van der Waals surface area contributed by atoms with E-state index in [1.807, 2.05) is 18.4 Å². The summed E-state index contributed by atoms with van der Waals surface area (Å²) in [6.45, 7) is 2.07. The van der Waals surface area contributed by atoms with Gasteiger partial charge in [0.05, 0.1) is 23.4 Å². The van der Waals surface area contributed by atoms with Crippen molar-refractivity contribution in [2.24, 2.45) is 0 Å². The molecule has 0 amide bonds. The lowest BCUT2D eigenvalue weighted by Gasteiger charge is -2.10. The fourth-order valence-electron chi connectivity index (χ4n) is 1.90. The van der Waals surface area contributed by atoms with Crippen LogP contribution in [0.4, 0.5) is 5.82 Å². The molecule has 1 atom stereocenters. The Morgan fingerprint density at radius 1 is 1.29 bits per heavy atom. The zero-order valence-corrected chi connectivity index (χ0v) is 13.2. The molecule has 108 valence electrons. The van der Waals surface area contributed by atoms with E-state index in [-0.39, 0.29) is 5.25 Å². The van der Waals surface area contributed by atoms with Gasteiger partial charge in [-0.1, -0.05) is 11.8 Å². The first kappa shape index (κ1) is 14.2. The Morgan fingerprint density at radius 2 is 2.14 bits per heavy atom. The minimum absolute atomic E-state index is 0.126. The first-order valence-electron chi connectivity index (χ1n) is 6.34. The van der Waals surface area contributed by atoms with E-state index in [1.165, 1.54) is 0 Å². The zero-order valence-electron chi connectivity index (χ0n) is 11.6. The molecule has 0 bridgehead atoms. The van der Waals surface area contributed by atoms with Crippen LogP contribution in [0.5, 0.6) is 0 Å². The first-order valence-corrected chi connectivity index (χ1v) is 8.44. The Balaban J connectivity index is 1.84. The van der Waals surface area contributed by atoms with Crippen molar-refractivity contribution in [1.29, 1.82) is 0 Å². The maximum atomic E-state index is 5.80. The van der Waals surface area contributed by atoms with E-state index in [0.717, 1.165) is 21.7 Å². The highest BCUT2D eigenvalue weighted by Gasteiger charge is 2.13. The molecule has 0 radical (unpaired) electrons. The molecule has 5 nitrogen and oxygen atoms in total. The van der Waals surface area contributed by atoms with Crippen molar-refractivity contribution < 1.29 is 4.42 Å². The van der Waals surface area contributed by atoms with E-state index < -0.39 is 0 Å². The molecule has 3 heterocycles. The topological polar surface area (TPSA) is 77.8 Å². The normalized spacial score (nSPS) is 12.7. The number of aromatic nitrogens is 3. The molecule has 0 fully saturated rings. The second-order valence-corrected chi connectivity index (χ2v) is 6.58. The largest absolute Gasteiger partial charge is 0.463 e. The number of nitrogen functional groups attached to an aromatic ring is 1. The number of nitrogens with zero attached hydrogens (tertiary/aromatic N) is 3. The highest BCUT2D eigenvalue weighted by molar-refractivity contribution is 7.99. The number of nitrogens with two attached hydrogens (primary N) is 1. The Labute approximate surface area is 130 Å². The summed E-state index contributed by atoms with van der Waals surface area (Å²) >= 11 is 3.09. The number of anilines is 1. The Bertz CT molecular complexity index is 775. The van der Waals surface area contributed by atoms with E-state index in [1.54, 1.807) is 42.1 Å². The van der Waals surface area contributed by atoms with Crippen molar-refractivity contribution in [1.82, 2.24) is 15.0 Å². The molecule has 3 aromatic rings. The number of fused-ring (bicyclic) bond motifs is 1. The number of hydrogen-bond acceptors (Lipinski definition) is 7. The van der Waals surface area contributed by atoms with Gasteiger partial charge >= 0.3 is 0 Å². The molecular formula is C14H14N4OS2. The maximum Gasteiger partial charge on any atom is 0.191 e. The van der Waals surface area contributed by atoms with E-state index in [4.69, 9.17) is 10.2 Å². The summed E-state index contributed by atoms with van der Waals surface area (Å²) in [4.78, 5) is 13.2. The molecule has 21 heavy (non-hydrogen) atoms. The van der Waals surface area contributed by atoms with Gasteiger partial charge < -0.3 is 10.2 Å². The molecule has 2 N–H and O–H groups in total. The van der Waals surface area contributed by atoms with Gasteiger partial charge in [-0.25, -0.2) is 9.97 Å². The SMILES string of the molecule is CSc1cc(N)nc(S[C@H](C)c2cc3ccoc3cn2)n1. The van der Waals surface area contributed by atoms with Crippen LogP contribution in [0.2, 0.25) is 0 Å². The lowest BCUT2D eigenvalue weighted by Crippen LogP contribution is -1.99. The van der Waals surface area contributed by atoms with Gasteiger partial charge in [-0.15, -0.1) is 11.8 Å². The second-order valence-electron chi connectivity index (χ2n) is 4.45. The predicted molar refractivity (Wildman–Crippen MR) is 86.5 cm³/mol. The van der Waals surface area contributed by atoms with E-state index in [0.29, 0.717) is 11.0 Å². The lowest BCUT2D eigenvalue weighted by atomic mass is 10.2. The van der Waals surface area contributed by atoms with Gasteiger partial charge in [0.15, 0.2) is 10.7 Å². The van der Waals surface area contributed by atoms with Crippen molar-refractivity contribution in [2.45, 2.75) is 22.4 Å². The minimum Gasteiger partial charge on any atom is -0.463 e. The van der Waals surface area contributed by atoms with Crippen LogP contribution >= 0.6 is 23.5 Å². The first-order chi connectivity index (χ1) is 10.2. The van der Waals surface area contributed by atoms with Crippen LogP contribution in [-0.2, 0) is 0 Å². The van der Waals surface area contributed by atoms with Gasteiger partial charge in [0.25, 0.3) is 0 Å². The third-order valence-corrected chi connectivity index (χ3v) is 4.59. The number of hydrogen-bond donors (Lipinski definition) is 1. The van der Waals surface area contributed by atoms with Crippen LogP contribution in [0, 0.1) is 0 Å². The van der Waals surface area contributed by atoms with Gasteiger partial charge in [-0.3, -0.25) is 4.98 Å². The third kappa shape index (κ3) is 3.14. The fraction of sp³-hybridized carbons (Fsp3) is 0.214. The number of thioether (sulfide) groups is 2. The molecule has 0 aromatic carbocycles. The van der Waals surface area contributed by atoms with Gasteiger partial charge in [-0.2, -0.15) is 0 Å². The van der Waals surface area contributed by atoms with Crippen LogP contribution in [0.25, 0.3) is 11.0 Å². The molecular weight excluding hydrogens is 304 g/mol. The average molecular weight is 318 g/mol. The van der Waals surface area contributed by atoms with E-state index in [2.05, 4.69) is 21.9 Å². The highest BCUT2D eigenvalue weighted by atomic mass is 32.2. The van der Waals surface area contributed by atoms with Crippen LogP contribution < -0.4 is 5.73 Å². The molecule has 3 aromatic heterocycles. The summed E-state index contributed by atoms with van der Waals surface area (Å²) in [5.74, 6) is 0.488. The second kappa shape index (κ2) is 5.95. The van der Waals surface area contributed by atoms with Crippen LogP contribution in [0.1, 0.15) is 17.9 Å². The number of rotatable bonds is 4. The van der Waals surface area contributed by atoms with Crippen molar-refractivity contribution in [3.63, 3.8) is 0 Å². The van der Waals surface area contributed by atoms with Crippen molar-refractivity contribution in [2.75, 3.05) is 12.0 Å². The lowest BCUT2D eigenvalue weighted by molar-refractivity contribution is 0.614. The number of furan rings is 1. The van der Waals surface area contributed by atoms with Crippen LogP contribution in [0.3, 0.4) is 0 Å². The predicted octanol–water partition coefficient (Wildman–Crippen LogP) is 3.78. The molecule has 0 aliphatic carbocycles. The summed E-state index contributed by atoms with van der Waals surface area (Å²) in [6.07, 6.45) is 5.38.